The van der Waals surface area contributed by atoms with Crippen molar-refractivity contribution in [3.8, 4) is 17.1 Å². The zero-order valence-electron chi connectivity index (χ0n) is 11.2. The van der Waals surface area contributed by atoms with E-state index in [9.17, 15) is 0 Å². The molecule has 0 radical (unpaired) electrons. The van der Waals surface area contributed by atoms with Gasteiger partial charge in [-0.1, -0.05) is 11.6 Å². The van der Waals surface area contributed by atoms with Crippen molar-refractivity contribution in [2.24, 2.45) is 7.05 Å². The minimum absolute atomic E-state index is 0.593. The van der Waals surface area contributed by atoms with Gasteiger partial charge in [-0.15, -0.1) is 0 Å². The molecular weight excluding hydrogens is 274 g/mol. The number of nitrogens with two attached hydrogens (primary N) is 1. The third-order valence-corrected chi connectivity index (χ3v) is 3.63. The molecule has 2 N–H and O–H groups in total. The van der Waals surface area contributed by atoms with Crippen LogP contribution in [0.3, 0.4) is 0 Å². The standard InChI is InChI=1S/C15H14ClN3O/c1-19-14-6-4-10(20-2)8-13(14)18-15(19)11-5-3-9(17)7-12(11)16/h3-8H,17H2,1-2H3. The molecule has 2 aromatic carbocycles. The second kappa shape index (κ2) is 4.72. The molecule has 102 valence electrons. The Morgan fingerprint density at radius 3 is 2.70 bits per heavy atom. The first-order chi connectivity index (χ1) is 9.60. The maximum absolute atomic E-state index is 6.26. The minimum Gasteiger partial charge on any atom is -0.497 e. The van der Waals surface area contributed by atoms with Crippen LogP contribution >= 0.6 is 11.6 Å². The van der Waals surface area contributed by atoms with E-state index in [4.69, 9.17) is 22.1 Å². The average molecular weight is 288 g/mol. The van der Waals surface area contributed by atoms with Gasteiger partial charge in [-0.3, -0.25) is 0 Å². The van der Waals surface area contributed by atoms with Crippen LogP contribution in [0.5, 0.6) is 5.75 Å². The van der Waals surface area contributed by atoms with Crippen molar-refractivity contribution in [1.29, 1.82) is 0 Å². The number of imidazole rings is 1. The number of ether oxygens (including phenoxy) is 1. The molecule has 0 saturated heterocycles. The highest BCUT2D eigenvalue weighted by Crippen LogP contribution is 2.31. The minimum atomic E-state index is 0.593. The fraction of sp³-hybridized carbons (Fsp3) is 0.133. The van der Waals surface area contributed by atoms with Crippen molar-refractivity contribution >= 4 is 28.3 Å². The van der Waals surface area contributed by atoms with Gasteiger partial charge in [0.1, 0.15) is 11.6 Å². The summed E-state index contributed by atoms with van der Waals surface area (Å²) in [6, 6.07) is 11.2. The SMILES string of the molecule is COc1ccc2c(c1)nc(-c1ccc(N)cc1Cl)n2C. The number of nitrogen functional groups attached to an aromatic ring is 1. The molecule has 3 aromatic rings. The summed E-state index contributed by atoms with van der Waals surface area (Å²) in [5.41, 5.74) is 9.12. The number of fused-ring (bicyclic) bond motifs is 1. The lowest BCUT2D eigenvalue weighted by Gasteiger charge is -2.05. The summed E-state index contributed by atoms with van der Waals surface area (Å²) in [5.74, 6) is 1.59. The van der Waals surface area contributed by atoms with Gasteiger partial charge in [-0.05, 0) is 30.3 Å². The van der Waals surface area contributed by atoms with Crippen LogP contribution in [0.4, 0.5) is 5.69 Å². The highest BCUT2D eigenvalue weighted by Gasteiger charge is 2.13. The summed E-state index contributed by atoms with van der Waals surface area (Å²) in [6.45, 7) is 0. The van der Waals surface area contributed by atoms with E-state index in [-0.39, 0.29) is 0 Å². The molecule has 0 spiro atoms. The van der Waals surface area contributed by atoms with Crippen LogP contribution in [0.15, 0.2) is 36.4 Å². The van der Waals surface area contributed by atoms with Gasteiger partial charge in [-0.25, -0.2) is 4.98 Å². The van der Waals surface area contributed by atoms with Gasteiger partial charge in [0, 0.05) is 24.4 Å². The van der Waals surface area contributed by atoms with Crippen LogP contribution in [0.1, 0.15) is 0 Å². The summed E-state index contributed by atoms with van der Waals surface area (Å²) in [6.07, 6.45) is 0. The van der Waals surface area contributed by atoms with E-state index in [2.05, 4.69) is 4.98 Å². The fourth-order valence-corrected chi connectivity index (χ4v) is 2.53. The summed E-state index contributed by atoms with van der Waals surface area (Å²) < 4.78 is 7.23. The Balaban J connectivity index is 2.23. The van der Waals surface area contributed by atoms with Crippen LogP contribution in [0.25, 0.3) is 22.4 Å². The largest absolute Gasteiger partial charge is 0.497 e. The van der Waals surface area contributed by atoms with Crippen LogP contribution in [-0.4, -0.2) is 16.7 Å². The molecule has 1 heterocycles. The summed E-state index contributed by atoms with van der Waals surface area (Å²) in [5, 5.41) is 0.593. The lowest BCUT2D eigenvalue weighted by Crippen LogP contribution is -1.94. The Bertz CT molecular complexity index is 795. The maximum Gasteiger partial charge on any atom is 0.142 e. The topological polar surface area (TPSA) is 53.1 Å². The fourth-order valence-electron chi connectivity index (χ4n) is 2.26. The molecule has 0 fully saturated rings. The van der Waals surface area contributed by atoms with E-state index < -0.39 is 0 Å². The van der Waals surface area contributed by atoms with Gasteiger partial charge in [-0.2, -0.15) is 0 Å². The first kappa shape index (κ1) is 12.8. The predicted octanol–water partition coefficient (Wildman–Crippen LogP) is 3.48. The third-order valence-electron chi connectivity index (χ3n) is 3.32. The Kier molecular flexibility index (Phi) is 3.03. The molecular formula is C15H14ClN3O. The Morgan fingerprint density at radius 2 is 2.00 bits per heavy atom. The molecule has 0 saturated carbocycles. The molecule has 5 heteroatoms. The molecule has 0 aliphatic heterocycles. The van der Waals surface area contributed by atoms with E-state index in [1.54, 1.807) is 13.2 Å². The van der Waals surface area contributed by atoms with E-state index in [1.807, 2.05) is 41.9 Å². The predicted molar refractivity (Wildman–Crippen MR) is 82.1 cm³/mol. The normalized spacial score (nSPS) is 10.9. The van der Waals surface area contributed by atoms with Crippen molar-refractivity contribution in [3.05, 3.63) is 41.4 Å². The second-order valence-electron chi connectivity index (χ2n) is 4.59. The Hall–Kier alpha value is -2.20. The van der Waals surface area contributed by atoms with E-state index in [0.717, 1.165) is 28.2 Å². The van der Waals surface area contributed by atoms with E-state index >= 15 is 0 Å². The number of hydrogen-bond donors (Lipinski definition) is 1. The molecule has 0 amide bonds. The highest BCUT2D eigenvalue weighted by molar-refractivity contribution is 6.33. The molecule has 0 aliphatic rings. The number of rotatable bonds is 2. The Morgan fingerprint density at radius 1 is 1.20 bits per heavy atom. The molecule has 1 aromatic heterocycles. The van der Waals surface area contributed by atoms with Crippen molar-refractivity contribution in [3.63, 3.8) is 0 Å². The third kappa shape index (κ3) is 1.98. The first-order valence-corrected chi connectivity index (χ1v) is 6.54. The number of benzene rings is 2. The molecule has 0 aliphatic carbocycles. The van der Waals surface area contributed by atoms with Crippen molar-refractivity contribution in [2.45, 2.75) is 0 Å². The van der Waals surface area contributed by atoms with Gasteiger partial charge in [0.15, 0.2) is 0 Å². The van der Waals surface area contributed by atoms with Crippen molar-refractivity contribution in [2.75, 3.05) is 12.8 Å². The zero-order valence-corrected chi connectivity index (χ0v) is 12.0. The number of nitrogens with zero attached hydrogens (tertiary/aromatic N) is 2. The molecule has 0 unspecified atom stereocenters. The molecule has 0 bridgehead atoms. The van der Waals surface area contributed by atoms with Crippen LogP contribution in [-0.2, 0) is 7.05 Å². The number of aromatic nitrogens is 2. The van der Waals surface area contributed by atoms with Gasteiger partial charge in [0.2, 0.25) is 0 Å². The summed E-state index contributed by atoms with van der Waals surface area (Å²) in [7, 11) is 3.60. The van der Waals surface area contributed by atoms with Crippen molar-refractivity contribution < 1.29 is 4.74 Å². The van der Waals surface area contributed by atoms with Gasteiger partial charge in [0.25, 0.3) is 0 Å². The maximum atomic E-state index is 6.26. The molecule has 0 atom stereocenters. The average Bonchev–Trinajstić information content (AvgIpc) is 2.75. The summed E-state index contributed by atoms with van der Waals surface area (Å²) in [4.78, 5) is 4.64. The Labute approximate surface area is 121 Å². The number of methoxy groups -OCH3 is 1. The summed E-state index contributed by atoms with van der Waals surface area (Å²) >= 11 is 6.26. The lowest BCUT2D eigenvalue weighted by molar-refractivity contribution is 0.415. The molecule has 20 heavy (non-hydrogen) atoms. The first-order valence-electron chi connectivity index (χ1n) is 6.16. The smallest absolute Gasteiger partial charge is 0.142 e. The number of anilines is 1. The van der Waals surface area contributed by atoms with Gasteiger partial charge >= 0.3 is 0 Å². The van der Waals surface area contributed by atoms with Crippen LogP contribution in [0.2, 0.25) is 5.02 Å². The molecule has 3 rings (SSSR count). The number of hydrogen-bond acceptors (Lipinski definition) is 3. The van der Waals surface area contributed by atoms with E-state index in [1.165, 1.54) is 0 Å². The van der Waals surface area contributed by atoms with Crippen molar-refractivity contribution in [1.82, 2.24) is 9.55 Å². The highest BCUT2D eigenvalue weighted by atomic mass is 35.5. The second-order valence-corrected chi connectivity index (χ2v) is 5.00. The van der Waals surface area contributed by atoms with Gasteiger partial charge < -0.3 is 15.0 Å². The monoisotopic (exact) mass is 287 g/mol. The number of halogens is 1. The zero-order chi connectivity index (χ0) is 14.3. The quantitative estimate of drug-likeness (QED) is 0.734. The lowest BCUT2D eigenvalue weighted by atomic mass is 10.2. The number of aryl methyl sites for hydroxylation is 1. The van der Waals surface area contributed by atoms with E-state index in [0.29, 0.717) is 10.7 Å². The molecule has 4 nitrogen and oxygen atoms in total. The van der Waals surface area contributed by atoms with Gasteiger partial charge in [0.05, 0.1) is 23.2 Å². The van der Waals surface area contributed by atoms with Crippen LogP contribution in [0, 0.1) is 0 Å². The van der Waals surface area contributed by atoms with Crippen LogP contribution < -0.4 is 10.5 Å².